The van der Waals surface area contributed by atoms with E-state index in [9.17, 15) is 4.57 Å². The lowest BCUT2D eigenvalue weighted by Gasteiger charge is -2.26. The molecule has 0 N–H and O–H groups in total. The summed E-state index contributed by atoms with van der Waals surface area (Å²) in [6, 6.07) is 0. The maximum atomic E-state index is 10.5. The van der Waals surface area contributed by atoms with Gasteiger partial charge in [0.1, 0.15) is 0 Å². The van der Waals surface area contributed by atoms with Gasteiger partial charge in [-0.25, -0.2) is 0 Å². The molecule has 0 heterocycles. The minimum absolute atomic E-state index is 0.297. The standard InChI is InChI=1S/C10H17OP/c1-8-6-10(2,3)5-4-9(8)7-12-11/h4-5H,6-7,12H2,1-3H3. The Hall–Kier alpha value is -0.290. The van der Waals surface area contributed by atoms with Gasteiger partial charge >= 0.3 is 0 Å². The maximum absolute atomic E-state index is 10.5. The zero-order chi connectivity index (χ0) is 9.19. The van der Waals surface area contributed by atoms with Crippen molar-refractivity contribution in [2.75, 3.05) is 6.16 Å². The van der Waals surface area contributed by atoms with Gasteiger partial charge in [-0.1, -0.05) is 31.6 Å². The van der Waals surface area contributed by atoms with Crippen LogP contribution in [-0.2, 0) is 4.57 Å². The van der Waals surface area contributed by atoms with Gasteiger partial charge in [-0.05, 0) is 24.3 Å². The third-order valence-corrected chi connectivity index (χ3v) is 2.91. The van der Waals surface area contributed by atoms with Gasteiger partial charge in [0, 0.05) is 6.16 Å². The van der Waals surface area contributed by atoms with Gasteiger partial charge in [0.15, 0.2) is 0 Å². The van der Waals surface area contributed by atoms with Crippen molar-refractivity contribution in [2.45, 2.75) is 27.2 Å². The van der Waals surface area contributed by atoms with E-state index >= 15 is 0 Å². The number of hydrogen-bond donors (Lipinski definition) is 0. The van der Waals surface area contributed by atoms with Crippen molar-refractivity contribution in [2.24, 2.45) is 5.41 Å². The first kappa shape index (κ1) is 9.80. The predicted octanol–water partition coefficient (Wildman–Crippen LogP) is 3.05. The SMILES string of the molecule is CC1=C(C[PH2]=O)C=CC(C)(C)C1. The van der Waals surface area contributed by atoms with Crippen molar-refractivity contribution in [3.05, 3.63) is 23.3 Å². The largest absolute Gasteiger partial charge is 0.330 e. The molecule has 0 aliphatic heterocycles. The Morgan fingerprint density at radius 3 is 2.75 bits per heavy atom. The molecule has 0 bridgehead atoms. The molecular weight excluding hydrogens is 167 g/mol. The molecule has 0 amide bonds. The van der Waals surface area contributed by atoms with Crippen molar-refractivity contribution >= 4 is 8.46 Å². The predicted molar refractivity (Wildman–Crippen MR) is 55.5 cm³/mol. The first-order chi connectivity index (χ1) is 5.55. The lowest BCUT2D eigenvalue weighted by Crippen LogP contribution is -2.12. The Morgan fingerprint density at radius 2 is 2.25 bits per heavy atom. The zero-order valence-electron chi connectivity index (χ0n) is 8.05. The molecule has 1 unspecified atom stereocenters. The van der Waals surface area contributed by atoms with Gasteiger partial charge in [0.2, 0.25) is 0 Å². The molecule has 0 saturated carbocycles. The first-order valence-corrected chi connectivity index (χ1v) is 5.65. The first-order valence-electron chi connectivity index (χ1n) is 4.37. The normalized spacial score (nSPS) is 22.6. The summed E-state index contributed by atoms with van der Waals surface area (Å²) in [7, 11) is -0.630. The second-order valence-corrected chi connectivity index (χ2v) is 4.92. The highest BCUT2D eigenvalue weighted by atomic mass is 31.1. The molecule has 1 atom stereocenters. The van der Waals surface area contributed by atoms with Gasteiger partial charge in [-0.15, -0.1) is 0 Å². The third kappa shape index (κ3) is 2.35. The average Bonchev–Trinajstić information content (AvgIpc) is 1.94. The Morgan fingerprint density at radius 1 is 1.58 bits per heavy atom. The van der Waals surface area contributed by atoms with Gasteiger partial charge in [0.05, 0.1) is 8.46 Å². The van der Waals surface area contributed by atoms with Crippen LogP contribution in [0.5, 0.6) is 0 Å². The van der Waals surface area contributed by atoms with E-state index < -0.39 is 8.46 Å². The smallest absolute Gasteiger partial charge is 0.0687 e. The summed E-state index contributed by atoms with van der Waals surface area (Å²) in [5, 5.41) is 0. The fourth-order valence-electron chi connectivity index (χ4n) is 1.66. The van der Waals surface area contributed by atoms with Crippen LogP contribution in [0.25, 0.3) is 0 Å². The Labute approximate surface area is 75.8 Å². The fraction of sp³-hybridized carbons (Fsp3) is 0.600. The van der Waals surface area contributed by atoms with Crippen LogP contribution in [0.4, 0.5) is 0 Å². The molecule has 0 aromatic rings. The summed E-state index contributed by atoms with van der Waals surface area (Å²) in [6.07, 6.45) is 6.25. The summed E-state index contributed by atoms with van der Waals surface area (Å²) >= 11 is 0. The van der Waals surface area contributed by atoms with Crippen LogP contribution >= 0.6 is 8.46 Å². The summed E-state index contributed by atoms with van der Waals surface area (Å²) in [4.78, 5) is 0. The zero-order valence-corrected chi connectivity index (χ0v) is 9.21. The van der Waals surface area contributed by atoms with E-state index in [1.807, 2.05) is 0 Å². The third-order valence-electron chi connectivity index (χ3n) is 2.31. The van der Waals surface area contributed by atoms with Gasteiger partial charge in [-0.3, -0.25) is 0 Å². The van der Waals surface area contributed by atoms with Gasteiger partial charge in [0.25, 0.3) is 0 Å². The van der Waals surface area contributed by atoms with E-state index in [2.05, 4.69) is 32.9 Å². The highest BCUT2D eigenvalue weighted by molar-refractivity contribution is 7.24. The molecule has 1 aliphatic rings. The van der Waals surface area contributed by atoms with Crippen LogP contribution in [0.3, 0.4) is 0 Å². The second-order valence-electron chi connectivity index (χ2n) is 4.18. The van der Waals surface area contributed by atoms with Gasteiger partial charge in [-0.2, -0.15) is 0 Å². The van der Waals surface area contributed by atoms with Crippen LogP contribution in [0.2, 0.25) is 0 Å². The van der Waals surface area contributed by atoms with Crippen molar-refractivity contribution in [3.63, 3.8) is 0 Å². The molecule has 1 nitrogen and oxygen atoms in total. The summed E-state index contributed by atoms with van der Waals surface area (Å²) < 4.78 is 10.5. The summed E-state index contributed by atoms with van der Waals surface area (Å²) in [5.41, 5.74) is 3.00. The fourth-order valence-corrected chi connectivity index (χ4v) is 2.32. The molecule has 0 radical (unpaired) electrons. The lowest BCUT2D eigenvalue weighted by atomic mass is 9.80. The lowest BCUT2D eigenvalue weighted by molar-refractivity contribution is 0.467. The van der Waals surface area contributed by atoms with E-state index in [4.69, 9.17) is 0 Å². The summed E-state index contributed by atoms with van der Waals surface area (Å²) in [6.45, 7) is 6.61. The molecule has 0 saturated heterocycles. The van der Waals surface area contributed by atoms with E-state index in [1.54, 1.807) is 0 Å². The molecular formula is C10H17OP. The molecule has 0 aromatic heterocycles. The quantitative estimate of drug-likeness (QED) is 0.603. The van der Waals surface area contributed by atoms with E-state index in [0.717, 1.165) is 12.6 Å². The molecule has 0 spiro atoms. The van der Waals surface area contributed by atoms with Gasteiger partial charge < -0.3 is 4.57 Å². The second kappa shape index (κ2) is 3.62. The Kier molecular flexibility index (Phi) is 2.95. The molecule has 1 aliphatic carbocycles. The maximum Gasteiger partial charge on any atom is 0.0687 e. The monoisotopic (exact) mass is 184 g/mol. The van der Waals surface area contributed by atoms with E-state index in [1.165, 1.54) is 11.1 Å². The van der Waals surface area contributed by atoms with Crippen LogP contribution in [0, 0.1) is 5.41 Å². The van der Waals surface area contributed by atoms with Crippen molar-refractivity contribution in [1.29, 1.82) is 0 Å². The van der Waals surface area contributed by atoms with Crippen molar-refractivity contribution in [1.82, 2.24) is 0 Å². The van der Waals surface area contributed by atoms with Crippen molar-refractivity contribution in [3.8, 4) is 0 Å². The van der Waals surface area contributed by atoms with Crippen LogP contribution in [0.15, 0.2) is 23.3 Å². The summed E-state index contributed by atoms with van der Waals surface area (Å²) in [5.74, 6) is 0. The molecule has 2 heteroatoms. The Bertz CT molecular complexity index is 249. The van der Waals surface area contributed by atoms with Crippen LogP contribution in [0.1, 0.15) is 27.2 Å². The minimum atomic E-state index is -0.630. The average molecular weight is 184 g/mol. The molecule has 0 fully saturated rings. The highest BCUT2D eigenvalue weighted by Crippen LogP contribution is 2.33. The highest BCUT2D eigenvalue weighted by Gasteiger charge is 2.19. The van der Waals surface area contributed by atoms with Crippen molar-refractivity contribution < 1.29 is 4.57 Å². The number of hydrogen-bond acceptors (Lipinski definition) is 1. The molecule has 12 heavy (non-hydrogen) atoms. The van der Waals surface area contributed by atoms with Crippen LogP contribution in [-0.4, -0.2) is 6.16 Å². The molecule has 68 valence electrons. The van der Waals surface area contributed by atoms with E-state index in [-0.39, 0.29) is 0 Å². The number of rotatable bonds is 2. The molecule has 0 aromatic carbocycles. The van der Waals surface area contributed by atoms with E-state index in [0.29, 0.717) is 5.41 Å². The minimum Gasteiger partial charge on any atom is -0.330 e. The molecule has 1 rings (SSSR count). The Balaban J connectivity index is 2.80. The topological polar surface area (TPSA) is 17.1 Å². The van der Waals surface area contributed by atoms with Crippen LogP contribution < -0.4 is 0 Å². The number of allylic oxidation sites excluding steroid dienone is 4.